The van der Waals surface area contributed by atoms with Crippen LogP contribution in [-0.2, 0) is 5.75 Å². The molecule has 0 bridgehead atoms. The normalized spacial score (nSPS) is 10.7. The van der Waals surface area contributed by atoms with Crippen molar-refractivity contribution in [2.24, 2.45) is 0 Å². The van der Waals surface area contributed by atoms with Crippen molar-refractivity contribution in [3.63, 3.8) is 0 Å². The van der Waals surface area contributed by atoms with Crippen molar-refractivity contribution in [2.75, 3.05) is 5.32 Å². The van der Waals surface area contributed by atoms with E-state index in [0.717, 1.165) is 21.0 Å². The zero-order valence-electron chi connectivity index (χ0n) is 13.7. The number of hydrogen-bond acceptors (Lipinski definition) is 5. The van der Waals surface area contributed by atoms with Crippen LogP contribution in [0.3, 0.4) is 0 Å². The van der Waals surface area contributed by atoms with Gasteiger partial charge in [0.15, 0.2) is 4.34 Å². The van der Waals surface area contributed by atoms with Crippen molar-refractivity contribution >= 4 is 34.1 Å². The Labute approximate surface area is 153 Å². The van der Waals surface area contributed by atoms with E-state index >= 15 is 0 Å². The van der Waals surface area contributed by atoms with Crippen LogP contribution in [0.4, 0.5) is 9.52 Å². The predicted molar refractivity (Wildman–Crippen MR) is 99.7 cm³/mol. The van der Waals surface area contributed by atoms with Crippen LogP contribution in [0.5, 0.6) is 0 Å². The summed E-state index contributed by atoms with van der Waals surface area (Å²) in [5, 5.41) is 11.4. The number of benzene rings is 2. The Hall–Kier alpha value is -2.25. The van der Waals surface area contributed by atoms with E-state index in [1.807, 2.05) is 32.0 Å². The SMILES string of the molecule is Cc1ccc(C)c(C(=O)Nc2nnc(SCc3ccc(F)cc3)s2)c1. The molecule has 0 atom stereocenters. The predicted octanol–water partition coefficient (Wildman–Crippen LogP) is 4.84. The molecule has 3 aromatic rings. The van der Waals surface area contributed by atoms with Crippen LogP contribution in [0.15, 0.2) is 46.8 Å². The lowest BCUT2D eigenvalue weighted by atomic mass is 10.1. The molecule has 25 heavy (non-hydrogen) atoms. The molecular weight excluding hydrogens is 357 g/mol. The maximum absolute atomic E-state index is 12.9. The first-order chi connectivity index (χ1) is 12.0. The van der Waals surface area contributed by atoms with E-state index in [1.54, 1.807) is 12.1 Å². The first-order valence-corrected chi connectivity index (χ1v) is 9.41. The molecule has 0 saturated carbocycles. The number of aryl methyl sites for hydroxylation is 2. The summed E-state index contributed by atoms with van der Waals surface area (Å²) in [5.74, 6) is 0.230. The fraction of sp³-hybridized carbons (Fsp3) is 0.167. The summed E-state index contributed by atoms with van der Waals surface area (Å²) in [5.41, 5.74) is 3.58. The number of nitrogens with one attached hydrogen (secondary N) is 1. The number of aromatic nitrogens is 2. The van der Waals surface area contributed by atoms with Crippen LogP contribution in [0.25, 0.3) is 0 Å². The molecule has 3 rings (SSSR count). The number of amides is 1. The van der Waals surface area contributed by atoms with Gasteiger partial charge in [0.25, 0.3) is 5.91 Å². The second-order valence-corrected chi connectivity index (χ2v) is 7.76. The smallest absolute Gasteiger partial charge is 0.257 e. The Morgan fingerprint density at radius 2 is 1.92 bits per heavy atom. The van der Waals surface area contributed by atoms with Gasteiger partial charge in [0.2, 0.25) is 5.13 Å². The Bertz CT molecular complexity index is 894. The number of anilines is 1. The van der Waals surface area contributed by atoms with Gasteiger partial charge in [-0.1, -0.05) is 52.9 Å². The van der Waals surface area contributed by atoms with Gasteiger partial charge in [-0.3, -0.25) is 10.1 Å². The van der Waals surface area contributed by atoms with Crippen molar-refractivity contribution in [1.82, 2.24) is 10.2 Å². The third kappa shape index (κ3) is 4.64. The maximum Gasteiger partial charge on any atom is 0.257 e. The molecule has 1 aromatic heterocycles. The molecule has 0 aliphatic carbocycles. The molecule has 0 saturated heterocycles. The molecule has 128 valence electrons. The minimum Gasteiger partial charge on any atom is -0.296 e. The Kier molecular flexibility index (Phi) is 5.45. The highest BCUT2D eigenvalue weighted by Crippen LogP contribution is 2.28. The quantitative estimate of drug-likeness (QED) is 0.514. The van der Waals surface area contributed by atoms with E-state index in [2.05, 4.69) is 15.5 Å². The molecule has 0 radical (unpaired) electrons. The standard InChI is InChI=1S/C18H16FN3OS2/c1-11-3-4-12(2)15(9-11)16(23)20-17-21-22-18(25-17)24-10-13-5-7-14(19)8-6-13/h3-9H,10H2,1-2H3,(H,20,21,23). The largest absolute Gasteiger partial charge is 0.296 e. The summed E-state index contributed by atoms with van der Waals surface area (Å²) in [6, 6.07) is 12.1. The molecule has 0 fully saturated rings. The van der Waals surface area contributed by atoms with Gasteiger partial charge in [0.1, 0.15) is 5.82 Å². The summed E-state index contributed by atoms with van der Waals surface area (Å²) in [6.07, 6.45) is 0. The average molecular weight is 373 g/mol. The third-order valence-electron chi connectivity index (χ3n) is 3.54. The van der Waals surface area contributed by atoms with Gasteiger partial charge in [0, 0.05) is 11.3 Å². The number of nitrogens with zero attached hydrogens (tertiary/aromatic N) is 2. The minimum atomic E-state index is -0.249. The highest BCUT2D eigenvalue weighted by atomic mass is 32.2. The zero-order chi connectivity index (χ0) is 17.8. The van der Waals surface area contributed by atoms with Crippen molar-refractivity contribution in [1.29, 1.82) is 0 Å². The zero-order valence-corrected chi connectivity index (χ0v) is 15.4. The van der Waals surface area contributed by atoms with Crippen LogP contribution in [0.1, 0.15) is 27.0 Å². The van der Waals surface area contributed by atoms with E-state index in [-0.39, 0.29) is 11.7 Å². The number of rotatable bonds is 5. The van der Waals surface area contributed by atoms with Gasteiger partial charge < -0.3 is 0 Å². The molecule has 1 amide bonds. The lowest BCUT2D eigenvalue weighted by Gasteiger charge is -2.05. The number of carbonyl (C=O) groups excluding carboxylic acids is 1. The number of hydrogen-bond donors (Lipinski definition) is 1. The number of carbonyl (C=O) groups is 1. The van der Waals surface area contributed by atoms with Gasteiger partial charge in [0.05, 0.1) is 0 Å². The van der Waals surface area contributed by atoms with Crippen LogP contribution in [-0.4, -0.2) is 16.1 Å². The van der Waals surface area contributed by atoms with Gasteiger partial charge in [-0.25, -0.2) is 4.39 Å². The summed E-state index contributed by atoms with van der Waals surface area (Å²) >= 11 is 2.82. The molecule has 0 aliphatic rings. The topological polar surface area (TPSA) is 54.9 Å². The fourth-order valence-electron chi connectivity index (χ4n) is 2.19. The summed E-state index contributed by atoms with van der Waals surface area (Å²) in [4.78, 5) is 12.4. The van der Waals surface area contributed by atoms with Crippen molar-refractivity contribution in [2.45, 2.75) is 23.9 Å². The molecule has 1 heterocycles. The highest BCUT2D eigenvalue weighted by molar-refractivity contribution is 8.00. The monoisotopic (exact) mass is 373 g/mol. The van der Waals surface area contributed by atoms with E-state index < -0.39 is 0 Å². The molecule has 0 spiro atoms. The van der Waals surface area contributed by atoms with E-state index in [1.165, 1.54) is 35.2 Å². The molecule has 0 aliphatic heterocycles. The Morgan fingerprint density at radius 3 is 2.68 bits per heavy atom. The maximum atomic E-state index is 12.9. The average Bonchev–Trinajstić information content (AvgIpc) is 3.04. The van der Waals surface area contributed by atoms with Gasteiger partial charge in [-0.2, -0.15) is 0 Å². The minimum absolute atomic E-state index is 0.188. The van der Waals surface area contributed by atoms with E-state index in [0.29, 0.717) is 16.4 Å². The Morgan fingerprint density at radius 1 is 1.16 bits per heavy atom. The number of halogens is 1. The molecule has 2 aromatic carbocycles. The molecule has 4 nitrogen and oxygen atoms in total. The van der Waals surface area contributed by atoms with Gasteiger partial charge >= 0.3 is 0 Å². The lowest BCUT2D eigenvalue weighted by molar-refractivity contribution is 0.102. The van der Waals surface area contributed by atoms with Crippen LogP contribution in [0, 0.1) is 19.7 Å². The molecule has 1 N–H and O–H groups in total. The second-order valence-electron chi connectivity index (χ2n) is 5.56. The molecular formula is C18H16FN3OS2. The van der Waals surface area contributed by atoms with Crippen LogP contribution >= 0.6 is 23.1 Å². The molecule has 7 heteroatoms. The third-order valence-corrected chi connectivity index (χ3v) is 5.58. The first-order valence-electron chi connectivity index (χ1n) is 7.60. The lowest BCUT2D eigenvalue weighted by Crippen LogP contribution is -2.13. The van der Waals surface area contributed by atoms with Crippen molar-refractivity contribution < 1.29 is 9.18 Å². The van der Waals surface area contributed by atoms with Crippen LogP contribution < -0.4 is 5.32 Å². The van der Waals surface area contributed by atoms with Crippen molar-refractivity contribution in [3.05, 3.63) is 70.5 Å². The van der Waals surface area contributed by atoms with Gasteiger partial charge in [-0.15, -0.1) is 10.2 Å². The highest BCUT2D eigenvalue weighted by Gasteiger charge is 2.13. The summed E-state index contributed by atoms with van der Waals surface area (Å²) in [6.45, 7) is 3.85. The van der Waals surface area contributed by atoms with E-state index in [4.69, 9.17) is 0 Å². The summed E-state index contributed by atoms with van der Waals surface area (Å²) in [7, 11) is 0. The van der Waals surface area contributed by atoms with Crippen molar-refractivity contribution in [3.8, 4) is 0 Å². The first kappa shape index (κ1) is 17.6. The Balaban J connectivity index is 1.62. The van der Waals surface area contributed by atoms with Gasteiger partial charge in [-0.05, 0) is 43.2 Å². The number of thioether (sulfide) groups is 1. The van der Waals surface area contributed by atoms with Crippen LogP contribution in [0.2, 0.25) is 0 Å². The molecule has 0 unspecified atom stereocenters. The van der Waals surface area contributed by atoms with E-state index in [9.17, 15) is 9.18 Å². The fourth-order valence-corrected chi connectivity index (χ4v) is 3.89. The second kappa shape index (κ2) is 7.76. The summed E-state index contributed by atoms with van der Waals surface area (Å²) < 4.78 is 13.7.